The average Bonchev–Trinajstić information content (AvgIpc) is 3.60. The van der Waals surface area contributed by atoms with Gasteiger partial charge in [0.05, 0.1) is 26.4 Å². The smallest absolute Gasteiger partial charge is 0.462 e. The van der Waals surface area contributed by atoms with Crippen LogP contribution in [0.4, 0.5) is 0 Å². The summed E-state index contributed by atoms with van der Waals surface area (Å²) >= 11 is 0. The van der Waals surface area contributed by atoms with E-state index in [9.17, 15) is 43.2 Å². The molecule has 89 heavy (non-hydrogen) atoms. The molecule has 19 heteroatoms. The maximum Gasteiger partial charge on any atom is 0.472 e. The molecule has 0 aromatic rings. The monoisotopic (exact) mass is 1310 g/mol. The van der Waals surface area contributed by atoms with Gasteiger partial charge in [0.2, 0.25) is 0 Å². The van der Waals surface area contributed by atoms with Crippen LogP contribution in [0.5, 0.6) is 0 Å². The van der Waals surface area contributed by atoms with Crippen LogP contribution in [0.25, 0.3) is 0 Å². The lowest BCUT2D eigenvalue weighted by atomic mass is 10.0. The van der Waals surface area contributed by atoms with Gasteiger partial charge in [-0.2, -0.15) is 0 Å². The molecule has 17 nitrogen and oxygen atoms in total. The number of aliphatic hydroxyl groups is 1. The van der Waals surface area contributed by atoms with Crippen molar-refractivity contribution in [2.75, 3.05) is 39.6 Å². The van der Waals surface area contributed by atoms with E-state index in [1.807, 2.05) is 0 Å². The zero-order valence-corrected chi connectivity index (χ0v) is 59.7. The average molecular weight is 1310 g/mol. The summed E-state index contributed by atoms with van der Waals surface area (Å²) in [5.41, 5.74) is 0. The number of hydrogen-bond donors (Lipinski definition) is 3. The quantitative estimate of drug-likeness (QED) is 0.0222. The van der Waals surface area contributed by atoms with E-state index in [2.05, 4.69) is 48.5 Å². The zero-order valence-electron chi connectivity index (χ0n) is 57.9. The molecule has 528 valence electrons. The fourth-order valence-electron chi connectivity index (χ4n) is 10.5. The molecule has 0 rings (SSSR count). The van der Waals surface area contributed by atoms with E-state index in [0.29, 0.717) is 31.6 Å². The first-order valence-electron chi connectivity index (χ1n) is 36.3. The Hall–Kier alpha value is -1.94. The van der Waals surface area contributed by atoms with Crippen molar-refractivity contribution in [2.24, 2.45) is 17.8 Å². The van der Waals surface area contributed by atoms with Crippen LogP contribution < -0.4 is 0 Å². The fraction of sp³-hybridized carbons (Fsp3) is 0.943. The van der Waals surface area contributed by atoms with Gasteiger partial charge in [-0.3, -0.25) is 37.3 Å². The Bertz CT molecular complexity index is 1750. The number of hydrogen-bond acceptors (Lipinski definition) is 15. The minimum atomic E-state index is -4.95. The Morgan fingerprint density at radius 1 is 0.303 bits per heavy atom. The highest BCUT2D eigenvalue weighted by molar-refractivity contribution is 7.47. The van der Waals surface area contributed by atoms with E-state index >= 15 is 0 Å². The van der Waals surface area contributed by atoms with Crippen LogP contribution in [0.15, 0.2) is 0 Å². The van der Waals surface area contributed by atoms with Crippen LogP contribution in [0.3, 0.4) is 0 Å². The summed E-state index contributed by atoms with van der Waals surface area (Å²) in [6.07, 6.45) is 44.4. The standard InChI is InChI=1S/C70H136O17P2/c1-8-9-10-11-12-13-14-15-16-17-24-31-39-46-53-69(74)86-65(57-80-67(72)51-44-37-30-23-19-18-21-27-34-41-48-61(2)3)59-84-88(76,77)82-55-64(71)56-83-89(78,79)85-60-66(58-81-68(73)52-45-38-33-26-29-36-43-50-63(6)7)87-70(75)54-47-40-32-25-20-22-28-35-42-49-62(4)5/h61-66,71H,8-60H2,1-7H3,(H,76,77)(H,78,79)/t64-,65-,66-/m1/s1. The van der Waals surface area contributed by atoms with Gasteiger partial charge in [-0.15, -0.1) is 0 Å². The molecule has 0 spiro atoms. The molecule has 0 aliphatic heterocycles. The molecule has 5 atom stereocenters. The first kappa shape index (κ1) is 87.1. The molecule has 0 aromatic heterocycles. The van der Waals surface area contributed by atoms with Gasteiger partial charge in [0, 0.05) is 25.7 Å². The molecule has 0 saturated heterocycles. The normalized spacial score (nSPS) is 14.2. The van der Waals surface area contributed by atoms with Crippen molar-refractivity contribution >= 4 is 39.5 Å². The fourth-order valence-corrected chi connectivity index (χ4v) is 12.1. The van der Waals surface area contributed by atoms with Crippen molar-refractivity contribution in [3.8, 4) is 0 Å². The van der Waals surface area contributed by atoms with E-state index < -0.39 is 97.5 Å². The Morgan fingerprint density at radius 2 is 0.517 bits per heavy atom. The number of carbonyl (C=O) groups is 4. The van der Waals surface area contributed by atoms with Crippen molar-refractivity contribution in [3.05, 3.63) is 0 Å². The molecule has 2 unspecified atom stereocenters. The van der Waals surface area contributed by atoms with Crippen LogP contribution >= 0.6 is 15.6 Å². The number of phosphoric ester groups is 2. The van der Waals surface area contributed by atoms with Gasteiger partial charge in [0.15, 0.2) is 12.2 Å². The van der Waals surface area contributed by atoms with Gasteiger partial charge in [-0.1, -0.05) is 299 Å². The highest BCUT2D eigenvalue weighted by Gasteiger charge is 2.30. The molecule has 0 saturated carbocycles. The Morgan fingerprint density at radius 3 is 0.764 bits per heavy atom. The van der Waals surface area contributed by atoms with Crippen LogP contribution in [-0.2, 0) is 65.4 Å². The Balaban J connectivity index is 5.26. The van der Waals surface area contributed by atoms with Crippen LogP contribution in [0, 0.1) is 17.8 Å². The minimum absolute atomic E-state index is 0.104. The molecular formula is C70H136O17P2. The molecule has 0 heterocycles. The molecule has 0 aromatic carbocycles. The second-order valence-electron chi connectivity index (χ2n) is 26.7. The van der Waals surface area contributed by atoms with Crippen LogP contribution in [0.1, 0.15) is 350 Å². The van der Waals surface area contributed by atoms with Crippen molar-refractivity contribution in [1.29, 1.82) is 0 Å². The molecule has 0 radical (unpaired) electrons. The van der Waals surface area contributed by atoms with Gasteiger partial charge in [-0.05, 0) is 43.4 Å². The lowest BCUT2D eigenvalue weighted by Gasteiger charge is -2.21. The van der Waals surface area contributed by atoms with Gasteiger partial charge >= 0.3 is 39.5 Å². The third kappa shape index (κ3) is 64.6. The Kier molecular flexibility index (Phi) is 59.6. The number of unbranched alkanes of at least 4 members (excludes halogenated alkanes) is 36. The van der Waals surface area contributed by atoms with E-state index in [0.717, 1.165) is 108 Å². The maximum absolute atomic E-state index is 13.0. The van der Waals surface area contributed by atoms with E-state index in [1.54, 1.807) is 0 Å². The molecule has 3 N–H and O–H groups in total. The minimum Gasteiger partial charge on any atom is -0.462 e. The molecule has 0 aliphatic rings. The molecule has 0 amide bonds. The van der Waals surface area contributed by atoms with Crippen molar-refractivity contribution in [1.82, 2.24) is 0 Å². The summed E-state index contributed by atoms with van der Waals surface area (Å²) in [5.74, 6) is 0.0737. The van der Waals surface area contributed by atoms with Crippen LogP contribution in [-0.4, -0.2) is 96.7 Å². The number of carbonyl (C=O) groups excluding carboxylic acids is 4. The predicted octanol–water partition coefficient (Wildman–Crippen LogP) is 19.8. The van der Waals surface area contributed by atoms with E-state index in [1.165, 1.54) is 154 Å². The summed E-state index contributed by atoms with van der Waals surface area (Å²) in [6, 6.07) is 0. The highest BCUT2D eigenvalue weighted by Crippen LogP contribution is 2.45. The molecule has 0 bridgehead atoms. The SMILES string of the molecule is CCCCCCCCCCCCCCCCC(=O)O[C@H](COC(=O)CCCCCCCCCCCCC(C)C)COP(=O)(O)OC[C@@H](O)COP(=O)(O)OC[C@@H](COC(=O)CCCCCCCCCC(C)C)OC(=O)CCCCCCCCCCCC(C)C. The predicted molar refractivity (Wildman–Crippen MR) is 358 cm³/mol. The van der Waals surface area contributed by atoms with E-state index in [-0.39, 0.29) is 25.7 Å². The molecule has 0 aliphatic carbocycles. The summed E-state index contributed by atoms with van der Waals surface area (Å²) < 4.78 is 68.3. The number of phosphoric acid groups is 2. The van der Waals surface area contributed by atoms with Gasteiger partial charge in [0.1, 0.15) is 19.3 Å². The summed E-state index contributed by atoms with van der Waals surface area (Å²) in [6.45, 7) is 11.8. The lowest BCUT2D eigenvalue weighted by Crippen LogP contribution is -2.30. The molecular weight excluding hydrogens is 1170 g/mol. The topological polar surface area (TPSA) is 237 Å². The summed E-state index contributed by atoms with van der Waals surface area (Å²) in [7, 11) is -9.90. The summed E-state index contributed by atoms with van der Waals surface area (Å²) in [4.78, 5) is 72.5. The number of rotatable bonds is 68. The number of ether oxygens (including phenoxy) is 4. The van der Waals surface area contributed by atoms with Crippen molar-refractivity contribution < 1.29 is 80.2 Å². The van der Waals surface area contributed by atoms with Gasteiger partial charge < -0.3 is 33.8 Å². The molecule has 0 fully saturated rings. The van der Waals surface area contributed by atoms with E-state index in [4.69, 9.17) is 37.0 Å². The summed E-state index contributed by atoms with van der Waals surface area (Å²) in [5, 5.41) is 10.6. The lowest BCUT2D eigenvalue weighted by molar-refractivity contribution is -0.161. The largest absolute Gasteiger partial charge is 0.472 e. The van der Waals surface area contributed by atoms with Gasteiger partial charge in [0.25, 0.3) is 0 Å². The van der Waals surface area contributed by atoms with Crippen molar-refractivity contribution in [3.63, 3.8) is 0 Å². The third-order valence-electron chi connectivity index (χ3n) is 16.1. The second-order valence-corrected chi connectivity index (χ2v) is 29.6. The van der Waals surface area contributed by atoms with Crippen molar-refractivity contribution in [2.45, 2.75) is 369 Å². The highest BCUT2D eigenvalue weighted by atomic mass is 31.2. The first-order valence-corrected chi connectivity index (χ1v) is 39.3. The first-order chi connectivity index (χ1) is 42.7. The number of aliphatic hydroxyl groups excluding tert-OH is 1. The Labute approximate surface area is 543 Å². The zero-order chi connectivity index (χ0) is 65.9. The van der Waals surface area contributed by atoms with Crippen LogP contribution in [0.2, 0.25) is 0 Å². The third-order valence-corrected chi connectivity index (χ3v) is 18.0. The second kappa shape index (κ2) is 61.0. The number of esters is 4. The van der Waals surface area contributed by atoms with Gasteiger partial charge in [-0.25, -0.2) is 9.13 Å². The maximum atomic E-state index is 13.0.